The van der Waals surface area contributed by atoms with Crippen LogP contribution < -0.4 is 5.32 Å². The molecular weight excluding hydrogens is 302 g/mol. The molecule has 0 radical (unpaired) electrons. The Labute approximate surface area is 140 Å². The number of hydrogen-bond acceptors (Lipinski definition) is 4. The Morgan fingerprint density at radius 2 is 1.83 bits per heavy atom. The van der Waals surface area contributed by atoms with Gasteiger partial charge < -0.3 is 5.32 Å². The number of nitrogens with zero attached hydrogens (tertiary/aromatic N) is 4. The fourth-order valence-electron chi connectivity index (χ4n) is 2.41. The van der Waals surface area contributed by atoms with Gasteiger partial charge in [0.05, 0.1) is 11.4 Å². The van der Waals surface area contributed by atoms with E-state index in [2.05, 4.69) is 27.5 Å². The first-order valence-electron chi connectivity index (χ1n) is 7.73. The van der Waals surface area contributed by atoms with Gasteiger partial charge in [0.25, 0.3) is 5.91 Å². The minimum Gasteiger partial charge on any atom is -0.347 e. The number of nitrogens with one attached hydrogen (secondary N) is 1. The third-order valence-electron chi connectivity index (χ3n) is 4.05. The van der Waals surface area contributed by atoms with Crippen LogP contribution in [0.15, 0.2) is 42.7 Å². The van der Waals surface area contributed by atoms with Crippen LogP contribution >= 0.6 is 0 Å². The number of hydrogen-bond donors (Lipinski definition) is 1. The second-order valence-corrected chi connectivity index (χ2v) is 5.74. The van der Waals surface area contributed by atoms with Crippen LogP contribution in [-0.2, 0) is 6.54 Å². The second kappa shape index (κ2) is 6.62. The number of rotatable bonds is 4. The van der Waals surface area contributed by atoms with Gasteiger partial charge in [-0.05, 0) is 61.7 Å². The molecule has 0 bridgehead atoms. The number of carbonyl (C=O) groups excluding carboxylic acids is 1. The average Bonchev–Trinajstić information content (AvgIpc) is 2.98. The number of aromatic nitrogens is 4. The van der Waals surface area contributed by atoms with Gasteiger partial charge in [0.15, 0.2) is 5.69 Å². The van der Waals surface area contributed by atoms with Crippen LogP contribution in [0.3, 0.4) is 0 Å². The normalized spacial score (nSPS) is 10.6. The summed E-state index contributed by atoms with van der Waals surface area (Å²) in [6, 6.07) is 9.77. The first kappa shape index (κ1) is 15.9. The molecule has 1 N–H and O–H groups in total. The lowest BCUT2D eigenvalue weighted by Crippen LogP contribution is -2.24. The monoisotopic (exact) mass is 321 g/mol. The van der Waals surface area contributed by atoms with Crippen molar-refractivity contribution in [2.24, 2.45) is 0 Å². The molecule has 0 atom stereocenters. The van der Waals surface area contributed by atoms with E-state index in [0.717, 1.165) is 11.3 Å². The third-order valence-corrected chi connectivity index (χ3v) is 4.05. The number of benzene rings is 1. The Morgan fingerprint density at radius 3 is 2.54 bits per heavy atom. The van der Waals surface area contributed by atoms with Gasteiger partial charge in [-0.1, -0.05) is 11.3 Å². The van der Waals surface area contributed by atoms with Crippen molar-refractivity contribution in [3.8, 4) is 5.69 Å². The van der Waals surface area contributed by atoms with Crippen LogP contribution in [0, 0.1) is 20.8 Å². The van der Waals surface area contributed by atoms with E-state index in [9.17, 15) is 4.79 Å². The zero-order chi connectivity index (χ0) is 17.1. The quantitative estimate of drug-likeness (QED) is 0.801. The maximum atomic E-state index is 12.4. The molecule has 6 nitrogen and oxygen atoms in total. The van der Waals surface area contributed by atoms with E-state index < -0.39 is 0 Å². The number of carbonyl (C=O) groups is 1. The zero-order valence-corrected chi connectivity index (χ0v) is 13.9. The maximum Gasteiger partial charge on any atom is 0.274 e. The summed E-state index contributed by atoms with van der Waals surface area (Å²) in [5.41, 5.74) is 5.32. The minimum absolute atomic E-state index is 0.237. The summed E-state index contributed by atoms with van der Waals surface area (Å²) in [6.45, 7) is 6.38. The first-order chi connectivity index (χ1) is 11.6. The number of pyridine rings is 1. The van der Waals surface area contributed by atoms with Gasteiger partial charge in [-0.2, -0.15) is 0 Å². The molecular formula is C18H19N5O. The molecule has 0 aliphatic rings. The fraction of sp³-hybridized carbons (Fsp3) is 0.222. The average molecular weight is 321 g/mol. The summed E-state index contributed by atoms with van der Waals surface area (Å²) in [7, 11) is 0. The summed E-state index contributed by atoms with van der Waals surface area (Å²) in [6.07, 6.45) is 3.39. The van der Waals surface area contributed by atoms with Crippen LogP contribution in [0.5, 0.6) is 0 Å². The van der Waals surface area contributed by atoms with Crippen molar-refractivity contribution >= 4 is 5.91 Å². The highest BCUT2D eigenvalue weighted by molar-refractivity contribution is 5.93. The van der Waals surface area contributed by atoms with E-state index in [-0.39, 0.29) is 5.91 Å². The number of amides is 1. The van der Waals surface area contributed by atoms with Gasteiger partial charge in [-0.3, -0.25) is 9.78 Å². The van der Waals surface area contributed by atoms with Crippen LogP contribution in [0.1, 0.15) is 32.9 Å². The highest BCUT2D eigenvalue weighted by Crippen LogP contribution is 2.16. The van der Waals surface area contributed by atoms with Crippen molar-refractivity contribution in [1.29, 1.82) is 0 Å². The molecule has 1 aromatic carbocycles. The molecule has 0 aliphatic carbocycles. The highest BCUT2D eigenvalue weighted by Gasteiger charge is 2.17. The van der Waals surface area contributed by atoms with E-state index in [0.29, 0.717) is 17.9 Å². The molecule has 3 rings (SSSR count). The zero-order valence-electron chi connectivity index (χ0n) is 13.9. The Balaban J connectivity index is 1.79. The second-order valence-electron chi connectivity index (χ2n) is 5.74. The maximum absolute atomic E-state index is 12.4. The van der Waals surface area contributed by atoms with Crippen LogP contribution in [0.2, 0.25) is 0 Å². The summed E-state index contributed by atoms with van der Waals surface area (Å²) in [5.74, 6) is -0.237. The molecule has 24 heavy (non-hydrogen) atoms. The summed E-state index contributed by atoms with van der Waals surface area (Å²) in [4.78, 5) is 16.3. The first-order valence-corrected chi connectivity index (χ1v) is 7.73. The molecule has 122 valence electrons. The summed E-state index contributed by atoms with van der Waals surface area (Å²) < 4.78 is 1.69. The highest BCUT2D eigenvalue weighted by atomic mass is 16.2. The predicted molar refractivity (Wildman–Crippen MR) is 91.0 cm³/mol. The lowest BCUT2D eigenvalue weighted by atomic mass is 10.1. The Kier molecular flexibility index (Phi) is 4.37. The molecule has 6 heteroatoms. The Morgan fingerprint density at radius 1 is 1.08 bits per heavy atom. The van der Waals surface area contributed by atoms with Crippen molar-refractivity contribution in [3.05, 3.63) is 70.8 Å². The molecule has 2 heterocycles. The topological polar surface area (TPSA) is 72.7 Å². The lowest BCUT2D eigenvalue weighted by molar-refractivity contribution is 0.0945. The van der Waals surface area contributed by atoms with Crippen molar-refractivity contribution in [2.75, 3.05) is 0 Å². The molecule has 0 spiro atoms. The van der Waals surface area contributed by atoms with Gasteiger partial charge >= 0.3 is 0 Å². The molecule has 0 aliphatic heterocycles. The van der Waals surface area contributed by atoms with Gasteiger partial charge in [0.1, 0.15) is 0 Å². The van der Waals surface area contributed by atoms with Crippen LogP contribution in [0.25, 0.3) is 5.69 Å². The standard InChI is InChI=1S/C18H19N5O/c1-12-4-5-16(10-13(12)2)23-14(3)17(21-22-23)18(24)20-11-15-6-8-19-9-7-15/h4-10H,11H2,1-3H3,(H,20,24). The minimum atomic E-state index is -0.237. The van der Waals surface area contributed by atoms with Gasteiger partial charge in [0.2, 0.25) is 0 Å². The van der Waals surface area contributed by atoms with Crippen LogP contribution in [-0.4, -0.2) is 25.9 Å². The smallest absolute Gasteiger partial charge is 0.274 e. The predicted octanol–water partition coefficient (Wildman–Crippen LogP) is 2.52. The third kappa shape index (κ3) is 3.17. The Hall–Kier alpha value is -3.02. The van der Waals surface area contributed by atoms with Crippen molar-refractivity contribution in [1.82, 2.24) is 25.3 Å². The molecule has 0 saturated carbocycles. The van der Waals surface area contributed by atoms with E-state index in [1.54, 1.807) is 17.1 Å². The van der Waals surface area contributed by atoms with E-state index in [1.807, 2.05) is 44.2 Å². The van der Waals surface area contributed by atoms with E-state index >= 15 is 0 Å². The largest absolute Gasteiger partial charge is 0.347 e. The fourth-order valence-corrected chi connectivity index (χ4v) is 2.41. The number of aryl methyl sites for hydroxylation is 2. The van der Waals surface area contributed by atoms with E-state index in [1.165, 1.54) is 11.1 Å². The van der Waals surface area contributed by atoms with Gasteiger partial charge in [-0.15, -0.1) is 5.10 Å². The Bertz CT molecular complexity index is 870. The van der Waals surface area contributed by atoms with Crippen molar-refractivity contribution in [3.63, 3.8) is 0 Å². The molecule has 0 saturated heterocycles. The summed E-state index contributed by atoms with van der Waals surface area (Å²) >= 11 is 0. The molecule has 0 unspecified atom stereocenters. The van der Waals surface area contributed by atoms with Gasteiger partial charge in [0, 0.05) is 18.9 Å². The van der Waals surface area contributed by atoms with Crippen molar-refractivity contribution < 1.29 is 4.79 Å². The summed E-state index contributed by atoms with van der Waals surface area (Å²) in [5, 5.41) is 11.0. The van der Waals surface area contributed by atoms with Crippen LogP contribution in [0.4, 0.5) is 0 Å². The van der Waals surface area contributed by atoms with E-state index in [4.69, 9.17) is 0 Å². The lowest BCUT2D eigenvalue weighted by Gasteiger charge is -2.07. The SMILES string of the molecule is Cc1ccc(-n2nnc(C(=O)NCc3ccncc3)c2C)cc1C. The van der Waals surface area contributed by atoms with Gasteiger partial charge in [-0.25, -0.2) is 4.68 Å². The molecule has 2 aromatic heterocycles. The molecule has 1 amide bonds. The molecule has 3 aromatic rings. The van der Waals surface area contributed by atoms with Crippen molar-refractivity contribution in [2.45, 2.75) is 27.3 Å². The molecule has 0 fully saturated rings.